The van der Waals surface area contributed by atoms with Gasteiger partial charge in [-0.1, -0.05) is 12.1 Å². The first kappa shape index (κ1) is 19.9. The van der Waals surface area contributed by atoms with Gasteiger partial charge in [-0.3, -0.25) is 9.69 Å². The predicted molar refractivity (Wildman–Crippen MR) is 127 cm³/mol. The molecule has 0 bridgehead atoms. The lowest BCUT2D eigenvalue weighted by Gasteiger charge is -2.36. The molecule has 0 spiro atoms. The molecule has 8 heteroatoms. The summed E-state index contributed by atoms with van der Waals surface area (Å²) in [6, 6.07) is 10.7. The van der Waals surface area contributed by atoms with E-state index in [1.807, 2.05) is 35.1 Å². The van der Waals surface area contributed by atoms with Crippen LogP contribution < -0.4 is 5.32 Å². The summed E-state index contributed by atoms with van der Waals surface area (Å²) in [4.78, 5) is 24.0. The number of fused-ring (bicyclic) bond motifs is 3. The number of nitrogens with zero attached hydrogens (tertiary/aromatic N) is 4. The molecule has 4 aromatic rings. The summed E-state index contributed by atoms with van der Waals surface area (Å²) >= 11 is 0. The van der Waals surface area contributed by atoms with Crippen molar-refractivity contribution in [1.29, 1.82) is 0 Å². The van der Waals surface area contributed by atoms with Crippen LogP contribution in [0.5, 0.6) is 0 Å². The van der Waals surface area contributed by atoms with Gasteiger partial charge in [-0.05, 0) is 42.2 Å². The van der Waals surface area contributed by atoms with E-state index in [0.717, 1.165) is 90.4 Å². The summed E-state index contributed by atoms with van der Waals surface area (Å²) in [6.45, 7) is 4.11. The highest BCUT2D eigenvalue weighted by atomic mass is 16.5. The van der Waals surface area contributed by atoms with Crippen LogP contribution in [0.15, 0.2) is 42.7 Å². The van der Waals surface area contributed by atoms with Crippen LogP contribution in [0, 0.1) is 0 Å². The van der Waals surface area contributed by atoms with Crippen LogP contribution in [-0.4, -0.2) is 56.2 Å². The number of rotatable bonds is 3. The van der Waals surface area contributed by atoms with Gasteiger partial charge in [-0.2, -0.15) is 5.10 Å². The minimum Gasteiger partial charge on any atom is -0.381 e. The number of amides is 1. The second-order valence-electron chi connectivity index (χ2n) is 9.36. The molecule has 7 rings (SSSR count). The average Bonchev–Trinajstić information content (AvgIpc) is 3.61. The number of pyridine rings is 1. The fourth-order valence-corrected chi connectivity index (χ4v) is 5.74. The molecule has 2 N–H and O–H groups in total. The third-order valence-electron chi connectivity index (χ3n) is 7.51. The Morgan fingerprint density at radius 2 is 1.94 bits per heavy atom. The monoisotopic (exact) mass is 454 g/mol. The molecule has 34 heavy (non-hydrogen) atoms. The summed E-state index contributed by atoms with van der Waals surface area (Å²) in [5, 5.41) is 7.52. The van der Waals surface area contributed by atoms with E-state index in [4.69, 9.17) is 9.72 Å². The fraction of sp³-hybridized carbons (Fsp3) is 0.346. The molecule has 0 saturated carbocycles. The van der Waals surface area contributed by atoms with Crippen molar-refractivity contribution in [3.8, 4) is 22.5 Å². The fourth-order valence-electron chi connectivity index (χ4n) is 5.74. The molecule has 6 heterocycles. The molecule has 0 unspecified atom stereocenters. The van der Waals surface area contributed by atoms with Crippen LogP contribution >= 0.6 is 0 Å². The molecular formula is C26H26N6O2. The molecule has 1 saturated heterocycles. The number of carbonyl (C=O) groups is 1. The Balaban J connectivity index is 1.27. The number of carbonyl (C=O) groups excluding carboxylic acids is 1. The van der Waals surface area contributed by atoms with E-state index >= 15 is 0 Å². The molecule has 8 nitrogen and oxygen atoms in total. The number of hydrogen-bond acceptors (Lipinski definition) is 5. The number of H-pyrrole nitrogens is 1. The van der Waals surface area contributed by atoms with Gasteiger partial charge in [0.25, 0.3) is 5.91 Å². The SMILES string of the molecule is O=C1NCc2c(-c3cnn4ccccc34)ccc(-c3nc4c([nH]3)CN(C3CCOCC3)CC4)c21. The van der Waals surface area contributed by atoms with Crippen LogP contribution in [0.25, 0.3) is 28.0 Å². The number of aromatic nitrogens is 4. The van der Waals surface area contributed by atoms with Gasteiger partial charge in [0.15, 0.2) is 0 Å². The molecule has 1 amide bonds. The lowest BCUT2D eigenvalue weighted by molar-refractivity contribution is 0.0284. The Kier molecular flexibility index (Phi) is 4.56. The Bertz CT molecular complexity index is 1410. The van der Waals surface area contributed by atoms with Crippen molar-refractivity contribution in [2.75, 3.05) is 19.8 Å². The van der Waals surface area contributed by atoms with Gasteiger partial charge in [0, 0.05) is 62.6 Å². The Morgan fingerprint density at radius 1 is 1.06 bits per heavy atom. The summed E-state index contributed by atoms with van der Waals surface area (Å²) in [5.41, 5.74) is 8.00. The van der Waals surface area contributed by atoms with Crippen molar-refractivity contribution in [2.24, 2.45) is 0 Å². The molecular weight excluding hydrogens is 428 g/mol. The zero-order valence-corrected chi connectivity index (χ0v) is 18.9. The lowest BCUT2D eigenvalue weighted by Crippen LogP contribution is -2.42. The minimum absolute atomic E-state index is 0.0403. The van der Waals surface area contributed by atoms with E-state index < -0.39 is 0 Å². The zero-order chi connectivity index (χ0) is 22.6. The third kappa shape index (κ3) is 3.09. The standard InChI is InChI=1S/C26H26N6O2/c33-26-24-18(25-29-21-6-10-31(15-22(21)30-25)16-7-11-34-12-8-16)5-4-17(20(24)13-27-26)19-14-28-32-9-2-1-3-23(19)32/h1-5,9,14,16H,6-8,10-13,15H2,(H,27,33)(H,29,30). The van der Waals surface area contributed by atoms with Crippen LogP contribution in [0.2, 0.25) is 0 Å². The van der Waals surface area contributed by atoms with Crippen molar-refractivity contribution in [3.05, 3.63) is 65.2 Å². The lowest BCUT2D eigenvalue weighted by atomic mass is 9.93. The summed E-state index contributed by atoms with van der Waals surface area (Å²) in [6.07, 6.45) is 6.93. The highest BCUT2D eigenvalue weighted by Crippen LogP contribution is 2.37. The van der Waals surface area contributed by atoms with Gasteiger partial charge < -0.3 is 15.0 Å². The molecule has 0 aliphatic carbocycles. The number of imidazole rings is 1. The van der Waals surface area contributed by atoms with Gasteiger partial charge >= 0.3 is 0 Å². The molecule has 3 aromatic heterocycles. The number of aromatic amines is 1. The van der Waals surface area contributed by atoms with Gasteiger partial charge in [0.2, 0.25) is 0 Å². The molecule has 3 aliphatic heterocycles. The zero-order valence-electron chi connectivity index (χ0n) is 18.9. The van der Waals surface area contributed by atoms with Crippen molar-refractivity contribution >= 4 is 11.4 Å². The van der Waals surface area contributed by atoms with E-state index in [-0.39, 0.29) is 5.91 Å². The Morgan fingerprint density at radius 3 is 2.85 bits per heavy atom. The molecule has 1 fully saturated rings. The van der Waals surface area contributed by atoms with Crippen molar-refractivity contribution in [1.82, 2.24) is 29.8 Å². The number of nitrogens with one attached hydrogen (secondary N) is 2. The maximum atomic E-state index is 13.0. The van der Waals surface area contributed by atoms with Gasteiger partial charge in [-0.25, -0.2) is 9.50 Å². The second kappa shape index (κ2) is 7.78. The molecule has 0 radical (unpaired) electrons. The van der Waals surface area contributed by atoms with Crippen LogP contribution in [0.1, 0.15) is 40.2 Å². The number of hydrogen-bond donors (Lipinski definition) is 2. The van der Waals surface area contributed by atoms with Crippen LogP contribution in [-0.2, 0) is 24.2 Å². The first-order chi connectivity index (χ1) is 16.8. The maximum Gasteiger partial charge on any atom is 0.252 e. The molecule has 1 aromatic carbocycles. The van der Waals surface area contributed by atoms with E-state index in [9.17, 15) is 4.79 Å². The second-order valence-corrected chi connectivity index (χ2v) is 9.36. The largest absolute Gasteiger partial charge is 0.381 e. The van der Waals surface area contributed by atoms with Gasteiger partial charge in [0.05, 0.1) is 28.7 Å². The highest BCUT2D eigenvalue weighted by Gasteiger charge is 2.31. The number of benzene rings is 1. The smallest absolute Gasteiger partial charge is 0.252 e. The maximum absolute atomic E-state index is 13.0. The Labute approximate surface area is 196 Å². The first-order valence-electron chi connectivity index (χ1n) is 12.0. The summed E-state index contributed by atoms with van der Waals surface area (Å²) in [5.74, 6) is 0.750. The van der Waals surface area contributed by atoms with E-state index in [2.05, 4.69) is 32.4 Å². The van der Waals surface area contributed by atoms with Crippen molar-refractivity contribution in [2.45, 2.75) is 38.4 Å². The average molecular weight is 455 g/mol. The highest BCUT2D eigenvalue weighted by molar-refractivity contribution is 6.06. The van der Waals surface area contributed by atoms with Crippen molar-refractivity contribution < 1.29 is 9.53 Å². The van der Waals surface area contributed by atoms with Crippen molar-refractivity contribution in [3.63, 3.8) is 0 Å². The molecule has 0 atom stereocenters. The molecule has 172 valence electrons. The van der Waals surface area contributed by atoms with E-state index in [1.54, 1.807) is 0 Å². The van der Waals surface area contributed by atoms with Gasteiger partial charge in [0.1, 0.15) is 5.82 Å². The topological polar surface area (TPSA) is 87.6 Å². The molecule has 3 aliphatic rings. The van der Waals surface area contributed by atoms with E-state index in [0.29, 0.717) is 12.6 Å². The van der Waals surface area contributed by atoms with E-state index in [1.165, 1.54) is 5.69 Å². The normalized spacial score (nSPS) is 18.8. The van der Waals surface area contributed by atoms with Gasteiger partial charge in [-0.15, -0.1) is 0 Å². The summed E-state index contributed by atoms with van der Waals surface area (Å²) in [7, 11) is 0. The third-order valence-corrected chi connectivity index (χ3v) is 7.51. The summed E-state index contributed by atoms with van der Waals surface area (Å²) < 4.78 is 7.41. The quantitative estimate of drug-likeness (QED) is 0.497. The van der Waals surface area contributed by atoms with Crippen LogP contribution in [0.4, 0.5) is 0 Å². The first-order valence-corrected chi connectivity index (χ1v) is 12.0. The number of ether oxygens (including phenoxy) is 1. The minimum atomic E-state index is -0.0403. The Hall–Kier alpha value is -3.49. The van der Waals surface area contributed by atoms with Crippen LogP contribution in [0.3, 0.4) is 0 Å². The predicted octanol–water partition coefficient (Wildman–Crippen LogP) is 3.17.